The van der Waals surface area contributed by atoms with Gasteiger partial charge in [-0.05, 0) is 60.7 Å². The van der Waals surface area contributed by atoms with Crippen LogP contribution in [0, 0.1) is 0 Å². The van der Waals surface area contributed by atoms with Gasteiger partial charge in [-0.1, -0.05) is 0 Å². The van der Waals surface area contributed by atoms with Crippen LogP contribution >= 0.6 is 0 Å². The van der Waals surface area contributed by atoms with E-state index in [1.54, 1.807) is 12.5 Å². The van der Waals surface area contributed by atoms with Gasteiger partial charge < -0.3 is 13.3 Å². The Labute approximate surface area is 110 Å². The number of hydrogen-bond donors (Lipinski definition) is 0. The lowest BCUT2D eigenvalue weighted by Gasteiger charge is -1.86. The van der Waals surface area contributed by atoms with Gasteiger partial charge in [-0.15, -0.1) is 0 Å². The van der Waals surface area contributed by atoms with Gasteiger partial charge in [0.15, 0.2) is 0 Å². The van der Waals surface area contributed by atoms with Gasteiger partial charge in [0.05, 0.1) is 12.5 Å². The Morgan fingerprint density at radius 1 is 0.579 bits per heavy atom. The van der Waals surface area contributed by atoms with Crippen LogP contribution < -0.4 is 0 Å². The molecule has 0 aromatic carbocycles. The molecule has 0 aliphatic rings. The second-order valence-electron chi connectivity index (χ2n) is 3.94. The summed E-state index contributed by atoms with van der Waals surface area (Å²) in [5.41, 5.74) is 0. The second kappa shape index (κ2) is 5.31. The molecule has 3 aromatic rings. The maximum absolute atomic E-state index is 5.62. The minimum atomic E-state index is 0.774. The highest BCUT2D eigenvalue weighted by Crippen LogP contribution is 2.15. The quantitative estimate of drug-likeness (QED) is 0.669. The molecule has 0 aliphatic heterocycles. The Hall–Kier alpha value is -2.68. The summed E-state index contributed by atoms with van der Waals surface area (Å²) in [4.78, 5) is 0. The highest BCUT2D eigenvalue weighted by atomic mass is 16.3. The van der Waals surface area contributed by atoms with Crippen molar-refractivity contribution in [3.63, 3.8) is 0 Å². The first-order valence-corrected chi connectivity index (χ1v) is 5.93. The monoisotopic (exact) mass is 252 g/mol. The Bertz CT molecular complexity index is 609. The highest BCUT2D eigenvalue weighted by molar-refractivity contribution is 5.68. The van der Waals surface area contributed by atoms with Gasteiger partial charge in [0.25, 0.3) is 0 Å². The van der Waals surface area contributed by atoms with Crippen LogP contribution in [-0.2, 0) is 0 Å². The third-order valence-corrected chi connectivity index (χ3v) is 2.56. The maximum atomic E-state index is 5.62. The molecule has 3 rings (SSSR count). The third-order valence-electron chi connectivity index (χ3n) is 2.56. The summed E-state index contributed by atoms with van der Waals surface area (Å²) in [6, 6.07) is 11.3. The molecule has 0 amide bonds. The number of hydrogen-bond acceptors (Lipinski definition) is 3. The van der Waals surface area contributed by atoms with Gasteiger partial charge in [0, 0.05) is 0 Å². The summed E-state index contributed by atoms with van der Waals surface area (Å²) >= 11 is 0. The predicted octanol–water partition coefficient (Wildman–Crippen LogP) is 4.81. The van der Waals surface area contributed by atoms with Gasteiger partial charge in [-0.2, -0.15) is 0 Å². The Morgan fingerprint density at radius 3 is 1.47 bits per heavy atom. The van der Waals surface area contributed by atoms with E-state index >= 15 is 0 Å². The molecule has 0 spiro atoms. The fourth-order valence-corrected chi connectivity index (χ4v) is 1.65. The summed E-state index contributed by atoms with van der Waals surface area (Å²) in [7, 11) is 0. The van der Waals surface area contributed by atoms with Gasteiger partial charge in [0.2, 0.25) is 0 Å². The van der Waals surface area contributed by atoms with Crippen LogP contribution in [-0.4, -0.2) is 0 Å². The van der Waals surface area contributed by atoms with E-state index in [0.717, 1.165) is 23.0 Å². The average molecular weight is 252 g/mol. The Balaban J connectivity index is 1.69. The van der Waals surface area contributed by atoms with Crippen molar-refractivity contribution in [3.05, 3.63) is 72.0 Å². The summed E-state index contributed by atoms with van der Waals surface area (Å²) < 4.78 is 16.0. The van der Waals surface area contributed by atoms with E-state index in [-0.39, 0.29) is 0 Å². The topological polar surface area (TPSA) is 39.4 Å². The van der Waals surface area contributed by atoms with E-state index in [9.17, 15) is 0 Å². The van der Waals surface area contributed by atoms with E-state index in [1.165, 1.54) is 0 Å². The highest BCUT2D eigenvalue weighted by Gasteiger charge is 1.97. The van der Waals surface area contributed by atoms with Crippen molar-refractivity contribution in [2.24, 2.45) is 0 Å². The zero-order valence-electron chi connectivity index (χ0n) is 10.2. The van der Waals surface area contributed by atoms with Crippen molar-refractivity contribution in [3.8, 4) is 0 Å². The molecule has 94 valence electrons. The van der Waals surface area contributed by atoms with Crippen LogP contribution in [0.5, 0.6) is 0 Å². The lowest BCUT2D eigenvalue weighted by molar-refractivity contribution is 0.544. The van der Waals surface area contributed by atoms with Crippen molar-refractivity contribution < 1.29 is 13.3 Å². The van der Waals surface area contributed by atoms with Crippen molar-refractivity contribution in [2.75, 3.05) is 0 Å². The molecule has 0 atom stereocenters. The Morgan fingerprint density at radius 2 is 1.05 bits per heavy atom. The summed E-state index contributed by atoms with van der Waals surface area (Å²) in [6.07, 6.45) is 10.7. The molecule has 0 saturated carbocycles. The molecule has 0 unspecified atom stereocenters. The van der Waals surface area contributed by atoms with Crippen LogP contribution in [0.3, 0.4) is 0 Å². The van der Waals surface area contributed by atoms with E-state index in [2.05, 4.69) is 0 Å². The van der Waals surface area contributed by atoms with Crippen molar-refractivity contribution in [1.29, 1.82) is 0 Å². The van der Waals surface area contributed by atoms with Gasteiger partial charge in [0.1, 0.15) is 23.0 Å². The molecular formula is C16H12O3. The molecule has 0 saturated heterocycles. The lowest BCUT2D eigenvalue weighted by Crippen LogP contribution is -1.64. The molecule has 0 N–H and O–H groups in total. The minimum Gasteiger partial charge on any atom is -0.465 e. The number of furan rings is 3. The number of rotatable bonds is 4. The van der Waals surface area contributed by atoms with Crippen molar-refractivity contribution in [2.45, 2.75) is 0 Å². The summed E-state index contributed by atoms with van der Waals surface area (Å²) in [5.74, 6) is 3.14. The molecule has 19 heavy (non-hydrogen) atoms. The van der Waals surface area contributed by atoms with E-state index in [4.69, 9.17) is 13.3 Å². The predicted molar refractivity (Wildman–Crippen MR) is 74.0 cm³/mol. The first-order valence-electron chi connectivity index (χ1n) is 5.93. The zero-order valence-corrected chi connectivity index (χ0v) is 10.2. The third kappa shape index (κ3) is 2.96. The standard InChI is InChI=1S/C16H12O3/c1-3-13(17-11-1)5-7-15-9-10-16(19-15)8-6-14-4-2-12-18-14/h1-12H/b7-5+,8-6+. The molecule has 3 heteroatoms. The molecule has 3 nitrogen and oxygen atoms in total. The maximum Gasteiger partial charge on any atom is 0.127 e. The van der Waals surface area contributed by atoms with Crippen molar-refractivity contribution in [1.82, 2.24) is 0 Å². The van der Waals surface area contributed by atoms with Gasteiger partial charge >= 0.3 is 0 Å². The smallest absolute Gasteiger partial charge is 0.127 e. The molecule has 0 bridgehead atoms. The van der Waals surface area contributed by atoms with Gasteiger partial charge in [-0.25, -0.2) is 0 Å². The van der Waals surface area contributed by atoms with E-state index in [1.807, 2.05) is 60.7 Å². The van der Waals surface area contributed by atoms with Crippen molar-refractivity contribution >= 4 is 24.3 Å². The second-order valence-corrected chi connectivity index (χ2v) is 3.94. The summed E-state index contributed by atoms with van der Waals surface area (Å²) in [5, 5.41) is 0. The van der Waals surface area contributed by atoms with Crippen LogP contribution in [0.1, 0.15) is 23.0 Å². The average Bonchev–Trinajstić information content (AvgIpc) is 3.16. The van der Waals surface area contributed by atoms with Gasteiger partial charge in [-0.3, -0.25) is 0 Å². The summed E-state index contributed by atoms with van der Waals surface area (Å²) in [6.45, 7) is 0. The largest absolute Gasteiger partial charge is 0.465 e. The fraction of sp³-hybridized carbons (Fsp3) is 0. The molecule has 0 radical (unpaired) electrons. The van der Waals surface area contributed by atoms with Crippen LogP contribution in [0.15, 0.2) is 62.2 Å². The zero-order chi connectivity index (χ0) is 12.9. The first-order chi connectivity index (χ1) is 9.40. The Kier molecular flexibility index (Phi) is 3.19. The molecule has 3 aromatic heterocycles. The normalized spacial score (nSPS) is 11.8. The van der Waals surface area contributed by atoms with E-state index in [0.29, 0.717) is 0 Å². The van der Waals surface area contributed by atoms with E-state index < -0.39 is 0 Å². The van der Waals surface area contributed by atoms with Crippen LogP contribution in [0.2, 0.25) is 0 Å². The minimum absolute atomic E-state index is 0.774. The molecule has 0 fully saturated rings. The molecule has 0 aliphatic carbocycles. The SMILES string of the molecule is C(=C\c1ccc(/C=C/c2ccco2)o1)/c1ccco1. The molecule has 3 heterocycles. The first kappa shape index (κ1) is 11.4. The molecular weight excluding hydrogens is 240 g/mol. The van der Waals surface area contributed by atoms with Crippen LogP contribution in [0.4, 0.5) is 0 Å². The fourth-order valence-electron chi connectivity index (χ4n) is 1.65. The van der Waals surface area contributed by atoms with Crippen LogP contribution in [0.25, 0.3) is 24.3 Å². The lowest BCUT2D eigenvalue weighted by atomic mass is 10.3.